The number of carbonyl (C=O) groups excluding carboxylic acids is 1. The fourth-order valence-corrected chi connectivity index (χ4v) is 3.68. The van der Waals surface area contributed by atoms with Crippen LogP contribution in [0.15, 0.2) is 36.4 Å². The van der Waals surface area contributed by atoms with E-state index >= 15 is 0 Å². The number of benzene rings is 2. The van der Waals surface area contributed by atoms with Gasteiger partial charge in [0.15, 0.2) is 0 Å². The van der Waals surface area contributed by atoms with Crippen LogP contribution in [0, 0.1) is 12.3 Å². The molecule has 0 spiro atoms. The predicted molar refractivity (Wildman–Crippen MR) is 109 cm³/mol. The summed E-state index contributed by atoms with van der Waals surface area (Å²) in [5.41, 5.74) is 4.22. The highest BCUT2D eigenvalue weighted by molar-refractivity contribution is 6.31. The lowest BCUT2D eigenvalue weighted by molar-refractivity contribution is -0.114. The Hall–Kier alpha value is -2.48. The Labute approximate surface area is 165 Å². The first-order valence-corrected chi connectivity index (χ1v) is 9.43. The van der Waals surface area contributed by atoms with E-state index < -0.39 is 0 Å². The molecule has 140 valence electrons. The molecule has 1 atom stereocenters. The van der Waals surface area contributed by atoms with Crippen LogP contribution in [0.1, 0.15) is 36.1 Å². The van der Waals surface area contributed by atoms with Gasteiger partial charge in [-0.15, -0.1) is 6.42 Å². The molecule has 0 fully saturated rings. The van der Waals surface area contributed by atoms with Gasteiger partial charge in [0.05, 0.1) is 13.2 Å². The minimum absolute atomic E-state index is 0.104. The number of rotatable bonds is 7. The van der Waals surface area contributed by atoms with E-state index in [4.69, 9.17) is 22.8 Å². The Morgan fingerprint density at radius 3 is 3.00 bits per heavy atom. The number of carbonyl (C=O) groups is 1. The van der Waals surface area contributed by atoms with Crippen molar-refractivity contribution in [1.82, 2.24) is 5.32 Å². The van der Waals surface area contributed by atoms with Crippen LogP contribution in [-0.2, 0) is 17.6 Å². The first kappa shape index (κ1) is 19.3. The molecule has 0 saturated heterocycles. The minimum Gasteiger partial charge on any atom is -0.493 e. The van der Waals surface area contributed by atoms with Gasteiger partial charge in [0.2, 0.25) is 5.91 Å². The number of fused-ring (bicyclic) bond motifs is 1. The van der Waals surface area contributed by atoms with E-state index in [0.717, 1.165) is 29.8 Å². The van der Waals surface area contributed by atoms with Gasteiger partial charge in [0.1, 0.15) is 5.75 Å². The zero-order valence-corrected chi connectivity index (χ0v) is 16.1. The fraction of sp³-hybridized carbons (Fsp3) is 0.318. The minimum atomic E-state index is -0.104. The summed E-state index contributed by atoms with van der Waals surface area (Å²) in [5.74, 6) is 3.45. The lowest BCUT2D eigenvalue weighted by Crippen LogP contribution is -2.19. The maximum Gasteiger partial charge on any atom is 0.221 e. The van der Waals surface area contributed by atoms with Crippen LogP contribution in [0.5, 0.6) is 5.75 Å². The Morgan fingerprint density at radius 2 is 2.22 bits per heavy atom. The van der Waals surface area contributed by atoms with Crippen molar-refractivity contribution in [1.29, 1.82) is 0 Å². The van der Waals surface area contributed by atoms with E-state index in [2.05, 4.69) is 22.6 Å². The number of nitrogens with one attached hydrogen (secondary N) is 2. The summed E-state index contributed by atoms with van der Waals surface area (Å²) >= 11 is 6.28. The number of halogens is 1. The van der Waals surface area contributed by atoms with Crippen molar-refractivity contribution < 1.29 is 9.53 Å². The lowest BCUT2D eigenvalue weighted by Gasteiger charge is -2.14. The molecule has 1 amide bonds. The summed E-state index contributed by atoms with van der Waals surface area (Å²) in [4.78, 5) is 11.2. The molecule has 0 aliphatic heterocycles. The topological polar surface area (TPSA) is 50.4 Å². The first-order chi connectivity index (χ1) is 13.1. The quantitative estimate of drug-likeness (QED) is 0.708. The number of amides is 1. The number of terminal acetylenes is 1. The summed E-state index contributed by atoms with van der Waals surface area (Å²) in [6, 6.07) is 11.9. The molecule has 0 heterocycles. The van der Waals surface area contributed by atoms with Crippen LogP contribution < -0.4 is 15.4 Å². The van der Waals surface area contributed by atoms with Crippen LogP contribution in [0.4, 0.5) is 5.69 Å². The Balaban J connectivity index is 1.64. The standard InChI is InChI=1S/C22H23ClN2O2/c1-3-12-24-21-10-8-19-18(21)5-4-6-22(19)27-13-11-16-14-17(25-15(2)26)7-9-20(16)23/h1,4-7,9,14,21,24H,8,10-13H2,2H3,(H,25,26). The van der Waals surface area contributed by atoms with Gasteiger partial charge in [-0.05, 0) is 53.8 Å². The van der Waals surface area contributed by atoms with Gasteiger partial charge in [-0.2, -0.15) is 0 Å². The van der Waals surface area contributed by atoms with Gasteiger partial charge in [-0.25, -0.2) is 0 Å². The van der Waals surface area contributed by atoms with Crippen molar-refractivity contribution >= 4 is 23.2 Å². The van der Waals surface area contributed by atoms with Crippen LogP contribution in [0.25, 0.3) is 0 Å². The number of ether oxygens (including phenoxy) is 1. The van der Waals surface area contributed by atoms with Crippen molar-refractivity contribution in [3.05, 3.63) is 58.1 Å². The van der Waals surface area contributed by atoms with Gasteiger partial charge in [-0.1, -0.05) is 29.7 Å². The van der Waals surface area contributed by atoms with Gasteiger partial charge in [0.25, 0.3) is 0 Å². The van der Waals surface area contributed by atoms with E-state index in [-0.39, 0.29) is 5.91 Å². The number of anilines is 1. The Bertz CT molecular complexity index is 873. The van der Waals surface area contributed by atoms with E-state index in [9.17, 15) is 4.79 Å². The fourth-order valence-electron chi connectivity index (χ4n) is 3.47. The van der Waals surface area contributed by atoms with Crippen LogP contribution >= 0.6 is 11.6 Å². The zero-order chi connectivity index (χ0) is 19.2. The molecular weight excluding hydrogens is 360 g/mol. The summed E-state index contributed by atoms with van der Waals surface area (Å²) in [5, 5.41) is 6.83. The monoisotopic (exact) mass is 382 g/mol. The van der Waals surface area contributed by atoms with Crippen LogP contribution in [0.3, 0.4) is 0 Å². The summed E-state index contributed by atoms with van der Waals surface area (Å²) in [7, 11) is 0. The third-order valence-corrected chi connectivity index (χ3v) is 5.04. The number of hydrogen-bond donors (Lipinski definition) is 2. The largest absolute Gasteiger partial charge is 0.493 e. The second kappa shape index (κ2) is 8.94. The third kappa shape index (κ3) is 4.82. The van der Waals surface area contributed by atoms with Crippen molar-refractivity contribution in [2.24, 2.45) is 0 Å². The summed E-state index contributed by atoms with van der Waals surface area (Å²) < 4.78 is 6.07. The van der Waals surface area contributed by atoms with E-state index in [1.54, 1.807) is 12.1 Å². The van der Waals surface area contributed by atoms with Gasteiger partial charge in [0, 0.05) is 30.1 Å². The van der Waals surface area contributed by atoms with E-state index in [0.29, 0.717) is 30.6 Å². The van der Waals surface area contributed by atoms with Gasteiger partial charge >= 0.3 is 0 Å². The normalized spacial score (nSPS) is 15.1. The molecule has 5 heteroatoms. The van der Waals surface area contributed by atoms with Gasteiger partial charge < -0.3 is 10.1 Å². The molecule has 0 saturated carbocycles. The highest BCUT2D eigenvalue weighted by atomic mass is 35.5. The molecule has 3 rings (SSSR count). The summed E-state index contributed by atoms with van der Waals surface area (Å²) in [6.45, 7) is 2.57. The van der Waals surface area contributed by atoms with Crippen LogP contribution in [-0.4, -0.2) is 19.1 Å². The van der Waals surface area contributed by atoms with Gasteiger partial charge in [-0.3, -0.25) is 10.1 Å². The maximum absolute atomic E-state index is 11.2. The molecule has 27 heavy (non-hydrogen) atoms. The molecule has 0 bridgehead atoms. The second-order valence-corrected chi connectivity index (χ2v) is 6.99. The Kier molecular flexibility index (Phi) is 6.39. The van der Waals surface area contributed by atoms with Crippen molar-refractivity contribution in [2.45, 2.75) is 32.2 Å². The van der Waals surface area contributed by atoms with E-state index in [1.165, 1.54) is 18.1 Å². The SMILES string of the molecule is C#CCNC1CCc2c(OCCc3cc(NC(C)=O)ccc3Cl)cccc21. The first-order valence-electron chi connectivity index (χ1n) is 9.06. The molecular formula is C22H23ClN2O2. The molecule has 1 aliphatic rings. The van der Waals surface area contributed by atoms with E-state index in [1.807, 2.05) is 18.2 Å². The molecule has 2 aromatic rings. The predicted octanol–water partition coefficient (Wildman–Crippen LogP) is 4.13. The molecule has 2 N–H and O–H groups in total. The second-order valence-electron chi connectivity index (χ2n) is 6.59. The smallest absolute Gasteiger partial charge is 0.221 e. The Morgan fingerprint density at radius 1 is 1.37 bits per heavy atom. The molecule has 0 aromatic heterocycles. The van der Waals surface area contributed by atoms with Crippen molar-refractivity contribution in [2.75, 3.05) is 18.5 Å². The number of hydrogen-bond acceptors (Lipinski definition) is 3. The average Bonchev–Trinajstić information content (AvgIpc) is 3.06. The molecule has 1 unspecified atom stereocenters. The van der Waals surface area contributed by atoms with Crippen molar-refractivity contribution in [3.8, 4) is 18.1 Å². The highest BCUT2D eigenvalue weighted by Crippen LogP contribution is 2.37. The molecule has 2 aromatic carbocycles. The summed E-state index contributed by atoms with van der Waals surface area (Å²) in [6.07, 6.45) is 8.03. The average molecular weight is 383 g/mol. The highest BCUT2D eigenvalue weighted by Gasteiger charge is 2.24. The third-order valence-electron chi connectivity index (χ3n) is 4.67. The van der Waals surface area contributed by atoms with Crippen LogP contribution in [0.2, 0.25) is 5.02 Å². The van der Waals surface area contributed by atoms with Crippen molar-refractivity contribution in [3.63, 3.8) is 0 Å². The molecule has 0 radical (unpaired) electrons. The molecule has 4 nitrogen and oxygen atoms in total. The molecule has 1 aliphatic carbocycles. The maximum atomic E-state index is 11.2. The zero-order valence-electron chi connectivity index (χ0n) is 15.3. The lowest BCUT2D eigenvalue weighted by atomic mass is 10.1.